The van der Waals surface area contributed by atoms with Gasteiger partial charge in [0.15, 0.2) is 10.8 Å². The van der Waals surface area contributed by atoms with E-state index in [1.165, 1.54) is 0 Å². The van der Waals surface area contributed by atoms with Gasteiger partial charge in [-0.15, -0.1) is 0 Å². The summed E-state index contributed by atoms with van der Waals surface area (Å²) in [6.45, 7) is 2.89. The van der Waals surface area contributed by atoms with Crippen LogP contribution >= 0.6 is 11.6 Å². The van der Waals surface area contributed by atoms with E-state index in [1.54, 1.807) is 0 Å². The van der Waals surface area contributed by atoms with Gasteiger partial charge in [0.1, 0.15) is 5.69 Å². The minimum absolute atomic E-state index is 0.579. The van der Waals surface area contributed by atoms with Crippen LogP contribution in [0.3, 0.4) is 0 Å². The van der Waals surface area contributed by atoms with Crippen LogP contribution in [0.15, 0.2) is 23.1 Å². The number of hydrogen-bond acceptors (Lipinski definition) is 2. The molecule has 0 N–H and O–H groups in total. The minimum atomic E-state index is -0.897. The molecule has 0 aromatic heterocycles. The van der Waals surface area contributed by atoms with E-state index in [0.29, 0.717) is 10.9 Å². The Labute approximate surface area is 85.7 Å². The second kappa shape index (κ2) is 3.40. The number of nitrogens with zero attached hydrogens (tertiary/aromatic N) is 1. The monoisotopic (exact) mass is 215 g/mol. The molecule has 0 fully saturated rings. The van der Waals surface area contributed by atoms with Gasteiger partial charge >= 0.3 is 0 Å². The molecule has 0 saturated heterocycles. The van der Waals surface area contributed by atoms with Crippen molar-refractivity contribution in [3.63, 3.8) is 0 Å². The van der Waals surface area contributed by atoms with Crippen molar-refractivity contribution in [2.24, 2.45) is 0 Å². The first kappa shape index (κ1) is 9.19. The van der Waals surface area contributed by atoms with Crippen LogP contribution in [0.25, 0.3) is 0 Å². The summed E-state index contributed by atoms with van der Waals surface area (Å²) < 4.78 is 11.6. The zero-order valence-electron chi connectivity index (χ0n) is 7.29. The summed E-state index contributed by atoms with van der Waals surface area (Å²) in [5.41, 5.74) is 0.949. The Balaban J connectivity index is 2.52. The third-order valence-electron chi connectivity index (χ3n) is 2.17. The van der Waals surface area contributed by atoms with Crippen LogP contribution < -0.4 is 4.90 Å². The van der Waals surface area contributed by atoms with Crippen LogP contribution in [0.2, 0.25) is 5.02 Å². The first-order valence-corrected chi connectivity index (χ1v) is 5.85. The van der Waals surface area contributed by atoms with Crippen LogP contribution in [0.1, 0.15) is 6.92 Å². The van der Waals surface area contributed by atoms with Crippen molar-refractivity contribution in [2.45, 2.75) is 11.8 Å². The van der Waals surface area contributed by atoms with Crippen LogP contribution in [0, 0.1) is 0 Å². The molecule has 13 heavy (non-hydrogen) atoms. The molecule has 2 rings (SSSR count). The molecule has 0 amide bonds. The van der Waals surface area contributed by atoms with E-state index in [1.807, 2.05) is 30.0 Å². The number of rotatable bonds is 1. The predicted molar refractivity (Wildman–Crippen MR) is 55.7 cm³/mol. The van der Waals surface area contributed by atoms with E-state index in [0.717, 1.165) is 17.1 Å². The molecule has 1 heterocycles. The molecule has 70 valence electrons. The molecule has 1 aliphatic rings. The van der Waals surface area contributed by atoms with Gasteiger partial charge in [-0.2, -0.15) is 0 Å². The minimum Gasteiger partial charge on any atom is -0.610 e. The summed E-state index contributed by atoms with van der Waals surface area (Å²) in [6, 6.07) is 5.57. The van der Waals surface area contributed by atoms with Gasteiger partial charge in [0.05, 0.1) is 5.02 Å². The number of fused-ring (bicyclic) bond motifs is 1. The molecular formula is C9H10ClNOS. The number of benzene rings is 1. The van der Waals surface area contributed by atoms with E-state index in [-0.39, 0.29) is 0 Å². The Morgan fingerprint density at radius 2 is 2.38 bits per heavy atom. The van der Waals surface area contributed by atoms with E-state index < -0.39 is 11.2 Å². The van der Waals surface area contributed by atoms with Crippen molar-refractivity contribution in [2.75, 3.05) is 17.3 Å². The van der Waals surface area contributed by atoms with Gasteiger partial charge in [0, 0.05) is 17.7 Å². The molecule has 2 nitrogen and oxygen atoms in total. The Bertz CT molecular complexity index is 331. The number of hydrogen-bond donors (Lipinski definition) is 0. The molecule has 0 radical (unpaired) electrons. The second-order valence-corrected chi connectivity index (χ2v) is 4.71. The molecule has 0 spiro atoms. The van der Waals surface area contributed by atoms with Crippen LogP contribution in [0.4, 0.5) is 5.69 Å². The predicted octanol–water partition coefficient (Wildman–Crippen LogP) is 2.25. The summed E-state index contributed by atoms with van der Waals surface area (Å²) >= 11 is 5.14. The maximum atomic E-state index is 11.6. The second-order valence-electron chi connectivity index (χ2n) is 2.92. The molecule has 4 heteroatoms. The van der Waals surface area contributed by atoms with Gasteiger partial charge in [-0.3, -0.25) is 0 Å². The summed E-state index contributed by atoms with van der Waals surface area (Å²) in [5, 5.41) is 0.699. The number of halogens is 1. The van der Waals surface area contributed by atoms with Crippen molar-refractivity contribution in [1.82, 2.24) is 0 Å². The van der Waals surface area contributed by atoms with Gasteiger partial charge in [-0.1, -0.05) is 17.7 Å². The highest BCUT2D eigenvalue weighted by molar-refractivity contribution is 7.92. The number of anilines is 1. The van der Waals surface area contributed by atoms with Crippen LogP contribution in [-0.4, -0.2) is 17.0 Å². The fraction of sp³-hybridized carbons (Fsp3) is 0.333. The van der Waals surface area contributed by atoms with Gasteiger partial charge in [-0.05, 0) is 19.1 Å². The summed E-state index contributed by atoms with van der Waals surface area (Å²) in [4.78, 5) is 2.92. The van der Waals surface area contributed by atoms with Crippen molar-refractivity contribution in [1.29, 1.82) is 0 Å². The average molecular weight is 216 g/mol. The Morgan fingerprint density at radius 1 is 1.62 bits per heavy atom. The molecule has 1 aromatic rings. The first-order chi connectivity index (χ1) is 6.24. The lowest BCUT2D eigenvalue weighted by Gasteiger charge is -2.13. The quantitative estimate of drug-likeness (QED) is 0.672. The zero-order chi connectivity index (χ0) is 9.42. The van der Waals surface area contributed by atoms with Crippen molar-refractivity contribution < 1.29 is 4.55 Å². The molecule has 1 unspecified atom stereocenters. The molecule has 1 atom stereocenters. The van der Waals surface area contributed by atoms with Crippen LogP contribution in [-0.2, 0) is 11.2 Å². The molecule has 0 saturated carbocycles. The topological polar surface area (TPSA) is 26.3 Å². The highest BCUT2D eigenvalue weighted by Crippen LogP contribution is 2.38. The maximum absolute atomic E-state index is 11.6. The van der Waals surface area contributed by atoms with Crippen molar-refractivity contribution in [3.05, 3.63) is 23.2 Å². The standard InChI is InChI=1S/C9H10ClNOS/c1-2-11-6-13(12)8-5-3-4-7(10)9(8)11/h3-5H,2,6H2,1H3. The van der Waals surface area contributed by atoms with Crippen LogP contribution in [0.5, 0.6) is 0 Å². The SMILES string of the molecule is CCN1C[S+]([O-])c2cccc(Cl)c21. The van der Waals surface area contributed by atoms with Gasteiger partial charge < -0.3 is 9.45 Å². The normalized spacial score (nSPS) is 20.5. The summed E-state index contributed by atoms with van der Waals surface area (Å²) in [5.74, 6) is 0.579. The first-order valence-electron chi connectivity index (χ1n) is 4.16. The Kier molecular flexibility index (Phi) is 2.41. The largest absolute Gasteiger partial charge is 0.610 e. The molecular weight excluding hydrogens is 206 g/mol. The highest BCUT2D eigenvalue weighted by Gasteiger charge is 2.31. The zero-order valence-corrected chi connectivity index (χ0v) is 8.86. The van der Waals surface area contributed by atoms with Gasteiger partial charge in [0.25, 0.3) is 0 Å². The maximum Gasteiger partial charge on any atom is 0.184 e. The summed E-state index contributed by atoms with van der Waals surface area (Å²) in [7, 11) is 0. The smallest absolute Gasteiger partial charge is 0.184 e. The molecule has 0 aliphatic carbocycles. The van der Waals surface area contributed by atoms with Gasteiger partial charge in [-0.25, -0.2) is 0 Å². The third kappa shape index (κ3) is 1.41. The fourth-order valence-electron chi connectivity index (χ4n) is 1.51. The molecule has 1 aromatic carbocycles. The molecule has 0 bridgehead atoms. The van der Waals surface area contributed by atoms with Crippen molar-refractivity contribution in [3.8, 4) is 0 Å². The van der Waals surface area contributed by atoms with E-state index >= 15 is 0 Å². The van der Waals surface area contributed by atoms with E-state index in [2.05, 4.69) is 0 Å². The lowest BCUT2D eigenvalue weighted by Crippen LogP contribution is -2.22. The Morgan fingerprint density at radius 3 is 3.08 bits per heavy atom. The van der Waals surface area contributed by atoms with Gasteiger partial charge in [0.2, 0.25) is 0 Å². The summed E-state index contributed by atoms with van der Waals surface area (Å²) in [6.07, 6.45) is 0. The Hall–Kier alpha value is -0.380. The average Bonchev–Trinajstić information content (AvgIpc) is 2.45. The van der Waals surface area contributed by atoms with E-state index in [4.69, 9.17) is 11.6 Å². The number of para-hydroxylation sites is 1. The van der Waals surface area contributed by atoms with Crippen molar-refractivity contribution >= 4 is 28.5 Å². The third-order valence-corrected chi connectivity index (χ3v) is 3.84. The fourth-order valence-corrected chi connectivity index (χ4v) is 3.28. The lowest BCUT2D eigenvalue weighted by molar-refractivity contribution is 0.598. The lowest BCUT2D eigenvalue weighted by atomic mass is 10.3. The molecule has 1 aliphatic heterocycles. The van der Waals surface area contributed by atoms with E-state index in [9.17, 15) is 4.55 Å². The highest BCUT2D eigenvalue weighted by atomic mass is 35.5.